The molecule has 2 aliphatic rings. The molecule has 0 unspecified atom stereocenters. The van der Waals surface area contributed by atoms with Gasteiger partial charge in [0, 0.05) is 12.1 Å². The summed E-state index contributed by atoms with van der Waals surface area (Å²) in [6.45, 7) is -0.0307. The first-order valence-corrected chi connectivity index (χ1v) is 9.15. The van der Waals surface area contributed by atoms with Crippen molar-refractivity contribution in [1.82, 2.24) is 15.3 Å². The molecule has 2 fully saturated rings. The van der Waals surface area contributed by atoms with Gasteiger partial charge in [0.15, 0.2) is 17.5 Å². The van der Waals surface area contributed by atoms with E-state index in [-0.39, 0.29) is 19.4 Å². The Labute approximate surface area is 156 Å². The van der Waals surface area contributed by atoms with Crippen molar-refractivity contribution in [2.45, 2.75) is 24.9 Å². The van der Waals surface area contributed by atoms with Crippen molar-refractivity contribution < 1.29 is 40.0 Å². The van der Waals surface area contributed by atoms with Gasteiger partial charge in [-0.05, 0) is 25.0 Å². The maximum Gasteiger partial charge on any atom is 0.418 e. The fourth-order valence-electron chi connectivity index (χ4n) is 3.10. The van der Waals surface area contributed by atoms with Crippen LogP contribution in [0.1, 0.15) is 23.2 Å². The molecule has 2 heterocycles. The molecule has 14 heteroatoms. The lowest BCUT2D eigenvalue weighted by atomic mass is 10.00. The number of carbonyl (C=O) groups is 2. The lowest BCUT2D eigenvalue weighted by Gasteiger charge is -2.30. The number of urea groups is 1. The average Bonchev–Trinajstić information content (AvgIpc) is 2.82. The molecule has 2 bridgehead atoms. The summed E-state index contributed by atoms with van der Waals surface area (Å²) < 4.78 is 74.2. The molecule has 1 aromatic carbocycles. The van der Waals surface area contributed by atoms with Gasteiger partial charge in [0.2, 0.25) is 0 Å². The third kappa shape index (κ3) is 3.79. The molecule has 10 nitrogen and oxygen atoms in total. The minimum Gasteiger partial charge on any atom is -0.310 e. The number of nitrogens with zero attached hydrogens (tertiary/aromatic N) is 2. The van der Waals surface area contributed by atoms with Crippen molar-refractivity contribution in [3.8, 4) is 0 Å². The second-order valence-electron chi connectivity index (χ2n) is 6.13. The maximum absolute atomic E-state index is 13.3. The first kappa shape index (κ1) is 20.0. The molecule has 0 saturated carbocycles. The van der Waals surface area contributed by atoms with Crippen LogP contribution < -0.4 is 5.32 Å². The molecule has 0 aromatic heterocycles. The fraction of sp³-hybridized carbons (Fsp3) is 0.357. The van der Waals surface area contributed by atoms with Crippen LogP contribution in [0.4, 0.5) is 18.0 Å². The zero-order chi connectivity index (χ0) is 20.8. The molecule has 2 atom stereocenters. The minimum atomic E-state index is -4.93. The van der Waals surface area contributed by atoms with Gasteiger partial charge in [-0.2, -0.15) is 13.5 Å². The molecule has 0 radical (unpaired) electrons. The van der Waals surface area contributed by atoms with Gasteiger partial charge in [-0.3, -0.25) is 14.8 Å². The molecule has 152 valence electrons. The van der Waals surface area contributed by atoms with E-state index < -0.39 is 63.3 Å². The predicted molar refractivity (Wildman–Crippen MR) is 84.9 cm³/mol. The smallest absolute Gasteiger partial charge is 0.310 e. The Kier molecular flexibility index (Phi) is 5.03. The second-order valence-corrected chi connectivity index (χ2v) is 7.14. The van der Waals surface area contributed by atoms with Crippen LogP contribution >= 0.6 is 0 Å². The molecule has 3 rings (SSSR count). The number of piperidine rings is 1. The monoisotopic (exact) mass is 422 g/mol. The van der Waals surface area contributed by atoms with Gasteiger partial charge in [-0.25, -0.2) is 18.0 Å². The standard InChI is InChI=1S/C14H13F3N4O6S/c15-8-3-6(4-9(16)11(8)17)13(22)19-12(18)10-2-1-7-5-20(10)14(23)21(7)27-28(24,25)26/h3-4,7,10H,1-2,5H2,(H2,18,19,22)(H,24,25,26)/t7-,10+/m1/s1. The van der Waals surface area contributed by atoms with Crippen LogP contribution in [0.2, 0.25) is 0 Å². The summed E-state index contributed by atoms with van der Waals surface area (Å²) in [4.78, 5) is 25.4. The average molecular weight is 422 g/mol. The summed E-state index contributed by atoms with van der Waals surface area (Å²) in [5.41, 5.74) is -0.570. The van der Waals surface area contributed by atoms with Crippen molar-refractivity contribution in [2.75, 3.05) is 6.54 Å². The van der Waals surface area contributed by atoms with Crippen molar-refractivity contribution in [1.29, 1.82) is 5.41 Å². The molecule has 0 spiro atoms. The molecule has 2 aliphatic heterocycles. The van der Waals surface area contributed by atoms with E-state index in [0.29, 0.717) is 17.2 Å². The highest BCUT2D eigenvalue weighted by Crippen LogP contribution is 2.30. The van der Waals surface area contributed by atoms with E-state index in [1.165, 1.54) is 0 Å². The van der Waals surface area contributed by atoms with Gasteiger partial charge < -0.3 is 10.2 Å². The van der Waals surface area contributed by atoms with Gasteiger partial charge >= 0.3 is 16.4 Å². The van der Waals surface area contributed by atoms with Crippen LogP contribution in [0.5, 0.6) is 0 Å². The van der Waals surface area contributed by atoms with Crippen molar-refractivity contribution in [3.05, 3.63) is 35.1 Å². The van der Waals surface area contributed by atoms with E-state index in [1.807, 2.05) is 0 Å². The van der Waals surface area contributed by atoms with E-state index >= 15 is 0 Å². The Morgan fingerprint density at radius 1 is 1.25 bits per heavy atom. The quantitative estimate of drug-likeness (QED) is 0.284. The van der Waals surface area contributed by atoms with Gasteiger partial charge in [-0.1, -0.05) is 0 Å². The van der Waals surface area contributed by atoms with Crippen LogP contribution in [0.3, 0.4) is 0 Å². The normalized spacial score (nSPS) is 21.8. The summed E-state index contributed by atoms with van der Waals surface area (Å²) in [5.74, 6) is -6.49. The van der Waals surface area contributed by atoms with Gasteiger partial charge in [0.05, 0.1) is 12.1 Å². The Morgan fingerprint density at radius 2 is 1.86 bits per heavy atom. The highest BCUT2D eigenvalue weighted by atomic mass is 32.3. The van der Waals surface area contributed by atoms with E-state index in [1.54, 1.807) is 0 Å². The SMILES string of the molecule is N=C(NC(=O)c1cc(F)c(F)c(F)c1)[C@@H]1CC[C@@H]2CN1C(=O)N2OS(=O)(=O)O. The lowest BCUT2D eigenvalue weighted by molar-refractivity contribution is -0.0316. The van der Waals surface area contributed by atoms with Crippen LogP contribution in [-0.2, 0) is 14.7 Å². The van der Waals surface area contributed by atoms with E-state index in [4.69, 9.17) is 9.96 Å². The maximum atomic E-state index is 13.3. The number of nitrogens with one attached hydrogen (secondary N) is 2. The second kappa shape index (κ2) is 7.03. The minimum absolute atomic E-state index is 0.0307. The third-order valence-corrected chi connectivity index (χ3v) is 4.67. The summed E-state index contributed by atoms with van der Waals surface area (Å²) in [6, 6.07) is -1.68. The number of hydrogen-bond acceptors (Lipinski definition) is 6. The molecule has 3 N–H and O–H groups in total. The lowest BCUT2D eigenvalue weighted by Crippen LogP contribution is -2.50. The number of halogens is 3. The number of amides is 3. The Balaban J connectivity index is 1.72. The summed E-state index contributed by atoms with van der Waals surface area (Å²) in [7, 11) is -4.93. The summed E-state index contributed by atoms with van der Waals surface area (Å²) in [5, 5.41) is 10.5. The van der Waals surface area contributed by atoms with Crippen LogP contribution in [0, 0.1) is 22.9 Å². The largest absolute Gasteiger partial charge is 0.418 e. The molecular weight excluding hydrogens is 409 g/mol. The first-order valence-electron chi connectivity index (χ1n) is 7.79. The van der Waals surface area contributed by atoms with Gasteiger partial charge in [-0.15, -0.1) is 4.28 Å². The first-order chi connectivity index (χ1) is 13.0. The highest BCUT2D eigenvalue weighted by molar-refractivity contribution is 7.80. The van der Waals surface area contributed by atoms with Gasteiger partial charge in [0.25, 0.3) is 5.91 Å². The number of amidine groups is 1. The zero-order valence-corrected chi connectivity index (χ0v) is 14.7. The van der Waals surface area contributed by atoms with E-state index in [0.717, 1.165) is 4.90 Å². The Hall–Kier alpha value is -2.71. The number of hydrogen-bond donors (Lipinski definition) is 3. The molecule has 2 saturated heterocycles. The van der Waals surface area contributed by atoms with E-state index in [9.17, 15) is 31.2 Å². The summed E-state index contributed by atoms with van der Waals surface area (Å²) in [6.07, 6.45) is 0.341. The highest BCUT2D eigenvalue weighted by Gasteiger charge is 2.48. The van der Waals surface area contributed by atoms with Crippen molar-refractivity contribution in [3.63, 3.8) is 0 Å². The van der Waals surface area contributed by atoms with Crippen LogP contribution in [-0.4, -0.2) is 59.3 Å². The van der Waals surface area contributed by atoms with Crippen molar-refractivity contribution >= 4 is 28.2 Å². The molecular formula is C14H13F3N4O6S. The number of fused-ring (bicyclic) bond motifs is 2. The number of benzene rings is 1. The molecule has 0 aliphatic carbocycles. The predicted octanol–water partition coefficient (Wildman–Crippen LogP) is 0.814. The van der Waals surface area contributed by atoms with Crippen LogP contribution in [0.15, 0.2) is 12.1 Å². The zero-order valence-electron chi connectivity index (χ0n) is 13.9. The number of carbonyl (C=O) groups excluding carboxylic acids is 2. The Bertz CT molecular complexity index is 949. The van der Waals surface area contributed by atoms with Gasteiger partial charge in [0.1, 0.15) is 5.84 Å². The molecule has 1 aromatic rings. The molecule has 3 amide bonds. The van der Waals surface area contributed by atoms with Crippen LogP contribution in [0.25, 0.3) is 0 Å². The molecule has 28 heavy (non-hydrogen) atoms. The summed E-state index contributed by atoms with van der Waals surface area (Å²) >= 11 is 0. The van der Waals surface area contributed by atoms with E-state index in [2.05, 4.69) is 9.60 Å². The Morgan fingerprint density at radius 3 is 2.43 bits per heavy atom. The third-order valence-electron chi connectivity index (χ3n) is 4.32. The number of hydroxylamine groups is 2. The topological polar surface area (TPSA) is 140 Å². The van der Waals surface area contributed by atoms with Crippen molar-refractivity contribution in [2.24, 2.45) is 0 Å². The number of rotatable bonds is 4. The fourth-order valence-corrected chi connectivity index (χ4v) is 3.48.